The molecule has 0 saturated heterocycles. The average molecular weight is 286 g/mol. The molecule has 0 fully saturated rings. The summed E-state index contributed by atoms with van der Waals surface area (Å²) in [5.74, 6) is 0. The second-order valence-corrected chi connectivity index (χ2v) is 5.83. The predicted octanol–water partition coefficient (Wildman–Crippen LogP) is 3.26. The molecule has 0 unspecified atom stereocenters. The molecule has 0 radical (unpaired) electrons. The predicted molar refractivity (Wildman–Crippen MR) is 82.0 cm³/mol. The first kappa shape index (κ1) is 13.3. The molecule has 0 aromatic carbocycles. The second kappa shape index (κ2) is 5.34. The molecule has 3 heterocycles. The van der Waals surface area contributed by atoms with Gasteiger partial charge in [-0.25, -0.2) is 4.98 Å². The molecule has 0 bridgehead atoms. The van der Waals surface area contributed by atoms with Crippen LogP contribution in [0.2, 0.25) is 0 Å². The van der Waals surface area contributed by atoms with Gasteiger partial charge in [0.2, 0.25) is 0 Å². The molecule has 3 aromatic rings. The zero-order chi connectivity index (χ0) is 14.1. The Hall–Kier alpha value is -1.72. The summed E-state index contributed by atoms with van der Waals surface area (Å²) in [6.07, 6.45) is 1.83. The highest BCUT2D eigenvalue weighted by atomic mass is 32.1. The third-order valence-electron chi connectivity index (χ3n) is 3.54. The summed E-state index contributed by atoms with van der Waals surface area (Å²) in [6, 6.07) is 6.23. The minimum Gasteiger partial charge on any atom is -0.303 e. The highest BCUT2D eigenvalue weighted by Gasteiger charge is 2.13. The molecule has 3 rings (SSSR count). The van der Waals surface area contributed by atoms with Crippen LogP contribution in [0, 0.1) is 13.8 Å². The van der Waals surface area contributed by atoms with Gasteiger partial charge in [0.05, 0.1) is 17.1 Å². The maximum Gasteiger partial charge on any atom is 0.194 e. The highest BCUT2D eigenvalue weighted by Crippen LogP contribution is 2.21. The number of nitrogens with zero attached hydrogens (tertiary/aromatic N) is 3. The Labute approximate surface area is 122 Å². The van der Waals surface area contributed by atoms with Crippen LogP contribution in [0.4, 0.5) is 0 Å². The molecule has 104 valence electrons. The van der Waals surface area contributed by atoms with Crippen LogP contribution in [0.1, 0.15) is 35.7 Å². The molecule has 5 heteroatoms. The first-order valence-corrected chi connectivity index (χ1v) is 7.61. The summed E-state index contributed by atoms with van der Waals surface area (Å²) in [5.41, 5.74) is 4.64. The fourth-order valence-corrected chi connectivity index (χ4v) is 3.29. The van der Waals surface area contributed by atoms with Gasteiger partial charge in [-0.05, 0) is 32.9 Å². The number of aromatic nitrogens is 3. The van der Waals surface area contributed by atoms with Crippen LogP contribution < -0.4 is 5.32 Å². The summed E-state index contributed by atoms with van der Waals surface area (Å²) in [4.78, 5) is 10.1. The zero-order valence-corrected chi connectivity index (χ0v) is 12.7. The number of rotatable bonds is 4. The fourth-order valence-electron chi connectivity index (χ4n) is 2.36. The number of hydrogen-bond acceptors (Lipinski definition) is 4. The average Bonchev–Trinajstić information content (AvgIpc) is 2.97. The lowest BCUT2D eigenvalue weighted by Crippen LogP contribution is -2.20. The molecular formula is C15H18N4S. The number of nitrogens with one attached hydrogen (secondary N) is 1. The van der Waals surface area contributed by atoms with E-state index in [0.717, 1.165) is 22.9 Å². The lowest BCUT2D eigenvalue weighted by Gasteiger charge is -2.13. The minimum atomic E-state index is 0.222. The Morgan fingerprint density at radius 2 is 2.20 bits per heavy atom. The summed E-state index contributed by atoms with van der Waals surface area (Å²) < 4.78 is 2.23. The number of aryl methyl sites for hydroxylation is 2. The number of hydrogen-bond donors (Lipinski definition) is 1. The van der Waals surface area contributed by atoms with Crippen LogP contribution in [0.15, 0.2) is 29.8 Å². The fraction of sp³-hybridized carbons (Fsp3) is 0.333. The van der Waals surface area contributed by atoms with E-state index in [4.69, 9.17) is 0 Å². The van der Waals surface area contributed by atoms with Gasteiger partial charge in [0, 0.05) is 29.9 Å². The Kier molecular flexibility index (Phi) is 3.54. The third-order valence-corrected chi connectivity index (χ3v) is 4.48. The Bertz CT molecular complexity index is 714. The lowest BCUT2D eigenvalue weighted by molar-refractivity contribution is 0.551. The molecule has 0 aliphatic heterocycles. The highest BCUT2D eigenvalue weighted by molar-refractivity contribution is 7.15. The zero-order valence-electron chi connectivity index (χ0n) is 11.9. The number of imidazole rings is 1. The van der Waals surface area contributed by atoms with Crippen LogP contribution in [-0.2, 0) is 6.54 Å². The topological polar surface area (TPSA) is 42.2 Å². The smallest absolute Gasteiger partial charge is 0.194 e. The van der Waals surface area contributed by atoms with E-state index in [0.29, 0.717) is 0 Å². The monoisotopic (exact) mass is 286 g/mol. The first-order valence-electron chi connectivity index (χ1n) is 6.73. The third kappa shape index (κ3) is 2.34. The maximum absolute atomic E-state index is 4.61. The minimum absolute atomic E-state index is 0.222. The molecule has 0 aliphatic rings. The van der Waals surface area contributed by atoms with Crippen LogP contribution >= 0.6 is 11.3 Å². The molecule has 3 aromatic heterocycles. The van der Waals surface area contributed by atoms with Gasteiger partial charge in [0.15, 0.2) is 4.96 Å². The van der Waals surface area contributed by atoms with Crippen molar-refractivity contribution in [3.05, 3.63) is 52.6 Å². The van der Waals surface area contributed by atoms with E-state index in [1.54, 1.807) is 11.3 Å². The van der Waals surface area contributed by atoms with Gasteiger partial charge in [0.25, 0.3) is 0 Å². The van der Waals surface area contributed by atoms with Gasteiger partial charge in [-0.2, -0.15) is 0 Å². The molecule has 0 amide bonds. The van der Waals surface area contributed by atoms with Crippen molar-refractivity contribution in [3.63, 3.8) is 0 Å². The van der Waals surface area contributed by atoms with E-state index in [-0.39, 0.29) is 6.04 Å². The van der Waals surface area contributed by atoms with Crippen LogP contribution in [0.25, 0.3) is 4.96 Å². The summed E-state index contributed by atoms with van der Waals surface area (Å²) in [6.45, 7) is 7.12. The van der Waals surface area contributed by atoms with E-state index >= 15 is 0 Å². The lowest BCUT2D eigenvalue weighted by atomic mass is 10.2. The number of pyridine rings is 1. The van der Waals surface area contributed by atoms with Crippen molar-refractivity contribution in [2.45, 2.75) is 33.4 Å². The Balaban J connectivity index is 1.80. The largest absolute Gasteiger partial charge is 0.303 e. The molecule has 1 atom stereocenters. The van der Waals surface area contributed by atoms with Crippen LogP contribution in [0.3, 0.4) is 0 Å². The Morgan fingerprint density at radius 1 is 1.35 bits per heavy atom. The molecule has 4 nitrogen and oxygen atoms in total. The van der Waals surface area contributed by atoms with Crippen molar-refractivity contribution < 1.29 is 0 Å². The second-order valence-electron chi connectivity index (χ2n) is 5.00. The molecule has 20 heavy (non-hydrogen) atoms. The van der Waals surface area contributed by atoms with E-state index in [1.165, 1.54) is 11.4 Å². The van der Waals surface area contributed by atoms with Gasteiger partial charge in [0.1, 0.15) is 0 Å². The van der Waals surface area contributed by atoms with Crippen LogP contribution in [0.5, 0.6) is 0 Å². The van der Waals surface area contributed by atoms with Gasteiger partial charge in [-0.3, -0.25) is 9.38 Å². The molecule has 0 saturated carbocycles. The van der Waals surface area contributed by atoms with Crippen LogP contribution in [-0.4, -0.2) is 14.4 Å². The van der Waals surface area contributed by atoms with Crippen molar-refractivity contribution in [2.75, 3.05) is 0 Å². The number of thiazole rings is 1. The van der Waals surface area contributed by atoms with Gasteiger partial charge in [-0.1, -0.05) is 6.07 Å². The van der Waals surface area contributed by atoms with E-state index < -0.39 is 0 Å². The molecule has 1 N–H and O–H groups in total. The van der Waals surface area contributed by atoms with Crippen molar-refractivity contribution in [1.29, 1.82) is 0 Å². The van der Waals surface area contributed by atoms with E-state index in [9.17, 15) is 0 Å². The van der Waals surface area contributed by atoms with Crippen molar-refractivity contribution in [2.24, 2.45) is 0 Å². The Morgan fingerprint density at radius 3 is 2.95 bits per heavy atom. The van der Waals surface area contributed by atoms with Crippen molar-refractivity contribution in [1.82, 2.24) is 19.7 Å². The first-order chi connectivity index (χ1) is 9.66. The maximum atomic E-state index is 4.61. The van der Waals surface area contributed by atoms with Gasteiger partial charge in [-0.15, -0.1) is 11.3 Å². The van der Waals surface area contributed by atoms with Gasteiger partial charge < -0.3 is 5.32 Å². The summed E-state index contributed by atoms with van der Waals surface area (Å²) >= 11 is 1.69. The SMILES string of the molecule is Cc1nc2scc(C)n2c1CN[C@@H](C)c1ccccn1. The standard InChI is InChI=1S/C15H18N4S/c1-10-9-20-15-18-12(3)14(19(10)15)8-17-11(2)13-6-4-5-7-16-13/h4-7,9,11,17H,8H2,1-3H3/t11-/m0/s1. The van der Waals surface area contributed by atoms with E-state index in [2.05, 4.69) is 45.8 Å². The summed E-state index contributed by atoms with van der Waals surface area (Å²) in [7, 11) is 0. The quantitative estimate of drug-likeness (QED) is 0.800. The molecule has 0 aliphatic carbocycles. The number of fused-ring (bicyclic) bond motifs is 1. The van der Waals surface area contributed by atoms with Gasteiger partial charge >= 0.3 is 0 Å². The summed E-state index contributed by atoms with van der Waals surface area (Å²) in [5, 5.41) is 5.68. The van der Waals surface area contributed by atoms with E-state index in [1.807, 2.05) is 24.4 Å². The van der Waals surface area contributed by atoms with Crippen molar-refractivity contribution >= 4 is 16.3 Å². The van der Waals surface area contributed by atoms with Crippen molar-refractivity contribution in [3.8, 4) is 0 Å². The molecular weight excluding hydrogens is 268 g/mol. The molecule has 0 spiro atoms. The normalized spacial score (nSPS) is 12.9.